The Morgan fingerprint density at radius 3 is 2.39 bits per heavy atom. The van der Waals surface area contributed by atoms with Crippen LogP contribution < -0.4 is 5.32 Å². The predicted molar refractivity (Wildman–Crippen MR) is 60.1 cm³/mol. The number of rotatable bonds is 3. The van der Waals surface area contributed by atoms with Crippen molar-refractivity contribution in [3.05, 3.63) is 0 Å². The van der Waals surface area contributed by atoms with Crippen molar-refractivity contribution in [1.29, 1.82) is 0 Å². The molecule has 0 saturated carbocycles. The summed E-state index contributed by atoms with van der Waals surface area (Å²) in [7, 11) is 0. The van der Waals surface area contributed by atoms with Crippen molar-refractivity contribution in [3.63, 3.8) is 0 Å². The topological polar surface area (TPSA) is 35.6 Å². The summed E-state index contributed by atoms with van der Waals surface area (Å²) in [4.78, 5) is 15.3. The molecule has 2 aliphatic rings. The van der Waals surface area contributed by atoms with E-state index in [2.05, 4.69) is 10.2 Å². The number of likely N-dealkylation sites (tertiary alicyclic amines) is 1. The minimum atomic E-state index is -4.24. The molecular formula is C11H18F3N3O. The molecule has 0 aliphatic carbocycles. The molecule has 0 spiro atoms. The van der Waals surface area contributed by atoms with E-state index < -0.39 is 19.0 Å². The molecule has 0 aromatic heterocycles. The minimum absolute atomic E-state index is 0.335. The van der Waals surface area contributed by atoms with Crippen molar-refractivity contribution >= 4 is 5.91 Å². The molecule has 0 aromatic carbocycles. The van der Waals surface area contributed by atoms with Gasteiger partial charge in [0.2, 0.25) is 5.91 Å². The van der Waals surface area contributed by atoms with Gasteiger partial charge in [0.05, 0.1) is 6.42 Å². The zero-order chi connectivity index (χ0) is 13.2. The standard InChI is InChI=1S/C11H18F3N3O/c12-11(13,14)2-1-10(18)17-7-9(8-17)16-5-3-15-4-6-16/h9,15H,1-8H2. The number of amides is 1. The lowest BCUT2D eigenvalue weighted by atomic mass is 10.1. The number of nitrogens with zero attached hydrogens (tertiary/aromatic N) is 2. The van der Waals surface area contributed by atoms with E-state index in [1.165, 1.54) is 4.90 Å². The second kappa shape index (κ2) is 5.44. The van der Waals surface area contributed by atoms with Crippen LogP contribution in [0.1, 0.15) is 12.8 Å². The van der Waals surface area contributed by atoms with Crippen molar-refractivity contribution in [2.75, 3.05) is 39.3 Å². The van der Waals surface area contributed by atoms with Gasteiger partial charge in [-0.15, -0.1) is 0 Å². The fraction of sp³-hybridized carbons (Fsp3) is 0.909. The molecule has 18 heavy (non-hydrogen) atoms. The number of halogens is 3. The van der Waals surface area contributed by atoms with Crippen LogP contribution in [0.25, 0.3) is 0 Å². The van der Waals surface area contributed by atoms with Crippen molar-refractivity contribution < 1.29 is 18.0 Å². The van der Waals surface area contributed by atoms with Gasteiger partial charge in [-0.2, -0.15) is 13.2 Å². The van der Waals surface area contributed by atoms with Gasteiger partial charge in [-0.3, -0.25) is 9.69 Å². The number of hydrogen-bond donors (Lipinski definition) is 1. The maximum atomic E-state index is 12.0. The zero-order valence-corrected chi connectivity index (χ0v) is 10.2. The van der Waals surface area contributed by atoms with E-state index in [0.29, 0.717) is 19.1 Å². The molecule has 0 aromatic rings. The summed E-state index contributed by atoms with van der Waals surface area (Å²) >= 11 is 0. The van der Waals surface area contributed by atoms with E-state index in [1.54, 1.807) is 0 Å². The SMILES string of the molecule is O=C(CCC(F)(F)F)N1CC(N2CCNCC2)C1. The Kier molecular flexibility index (Phi) is 4.11. The molecule has 2 heterocycles. The maximum Gasteiger partial charge on any atom is 0.389 e. The summed E-state index contributed by atoms with van der Waals surface area (Å²) in [6.07, 6.45) is -5.67. The van der Waals surface area contributed by atoms with Crippen LogP contribution in [-0.2, 0) is 4.79 Å². The van der Waals surface area contributed by atoms with Crippen LogP contribution in [0.3, 0.4) is 0 Å². The van der Waals surface area contributed by atoms with Crippen LogP contribution in [0, 0.1) is 0 Å². The van der Waals surface area contributed by atoms with Crippen LogP contribution >= 0.6 is 0 Å². The van der Waals surface area contributed by atoms with Crippen molar-refractivity contribution in [1.82, 2.24) is 15.1 Å². The highest BCUT2D eigenvalue weighted by atomic mass is 19.4. The smallest absolute Gasteiger partial charge is 0.339 e. The summed E-state index contributed by atoms with van der Waals surface area (Å²) in [5.41, 5.74) is 0. The van der Waals surface area contributed by atoms with Gasteiger partial charge in [0, 0.05) is 51.7 Å². The van der Waals surface area contributed by atoms with Crippen LogP contribution in [-0.4, -0.2) is 67.2 Å². The van der Waals surface area contributed by atoms with Gasteiger partial charge in [-0.05, 0) is 0 Å². The molecule has 0 unspecified atom stereocenters. The van der Waals surface area contributed by atoms with Gasteiger partial charge >= 0.3 is 6.18 Å². The number of carbonyl (C=O) groups is 1. The van der Waals surface area contributed by atoms with Gasteiger partial charge in [-0.25, -0.2) is 0 Å². The summed E-state index contributed by atoms with van der Waals surface area (Å²) in [6, 6.07) is 0.335. The van der Waals surface area contributed by atoms with Gasteiger partial charge < -0.3 is 10.2 Å². The number of hydrogen-bond acceptors (Lipinski definition) is 3. The fourth-order valence-electron chi connectivity index (χ4n) is 2.34. The van der Waals surface area contributed by atoms with Crippen LogP contribution in [0.5, 0.6) is 0 Å². The van der Waals surface area contributed by atoms with Crippen molar-refractivity contribution in [3.8, 4) is 0 Å². The first-order valence-electron chi connectivity index (χ1n) is 6.25. The van der Waals surface area contributed by atoms with E-state index in [4.69, 9.17) is 0 Å². The lowest BCUT2D eigenvalue weighted by Gasteiger charge is -2.46. The predicted octanol–water partition coefficient (Wildman–Crippen LogP) is 0.445. The maximum absolute atomic E-state index is 12.0. The normalized spacial score (nSPS) is 22.9. The second-order valence-corrected chi connectivity index (χ2v) is 4.85. The molecule has 2 saturated heterocycles. The Morgan fingerprint density at radius 2 is 1.83 bits per heavy atom. The zero-order valence-electron chi connectivity index (χ0n) is 10.2. The monoisotopic (exact) mass is 265 g/mol. The Morgan fingerprint density at radius 1 is 1.22 bits per heavy atom. The lowest BCUT2D eigenvalue weighted by molar-refractivity contribution is -0.153. The summed E-state index contributed by atoms with van der Waals surface area (Å²) < 4.78 is 35.9. The van der Waals surface area contributed by atoms with Gasteiger partial charge in [0.15, 0.2) is 0 Å². The third-order valence-electron chi connectivity index (χ3n) is 3.51. The molecule has 0 radical (unpaired) electrons. The van der Waals surface area contributed by atoms with Gasteiger partial charge in [0.25, 0.3) is 0 Å². The Balaban J connectivity index is 1.67. The lowest BCUT2D eigenvalue weighted by Crippen LogP contribution is -2.63. The summed E-state index contributed by atoms with van der Waals surface area (Å²) in [5, 5.41) is 3.24. The van der Waals surface area contributed by atoms with E-state index in [0.717, 1.165) is 26.2 Å². The molecular weight excluding hydrogens is 247 g/mol. The molecule has 2 rings (SSSR count). The molecule has 1 amide bonds. The number of alkyl halides is 3. The van der Waals surface area contributed by atoms with E-state index in [9.17, 15) is 18.0 Å². The Hall–Kier alpha value is -0.820. The molecule has 1 N–H and O–H groups in total. The van der Waals surface area contributed by atoms with E-state index in [1.807, 2.05) is 0 Å². The van der Waals surface area contributed by atoms with Crippen LogP contribution in [0.15, 0.2) is 0 Å². The molecule has 4 nitrogen and oxygen atoms in total. The molecule has 7 heteroatoms. The van der Waals surface area contributed by atoms with Crippen LogP contribution in [0.2, 0.25) is 0 Å². The van der Waals surface area contributed by atoms with Crippen molar-refractivity contribution in [2.24, 2.45) is 0 Å². The molecule has 2 fully saturated rings. The number of piperazine rings is 1. The second-order valence-electron chi connectivity index (χ2n) is 4.85. The molecule has 104 valence electrons. The fourth-order valence-corrected chi connectivity index (χ4v) is 2.34. The Labute approximate surface area is 104 Å². The number of nitrogens with one attached hydrogen (secondary N) is 1. The summed E-state index contributed by atoms with van der Waals surface area (Å²) in [6.45, 7) is 4.95. The van der Waals surface area contributed by atoms with E-state index >= 15 is 0 Å². The third kappa shape index (κ3) is 3.58. The Bertz CT molecular complexity index is 296. The third-order valence-corrected chi connectivity index (χ3v) is 3.51. The highest BCUT2D eigenvalue weighted by Crippen LogP contribution is 2.23. The summed E-state index contributed by atoms with van der Waals surface area (Å²) in [5.74, 6) is -0.376. The van der Waals surface area contributed by atoms with Crippen LogP contribution in [0.4, 0.5) is 13.2 Å². The molecule has 2 aliphatic heterocycles. The highest BCUT2D eigenvalue weighted by Gasteiger charge is 2.36. The van der Waals surface area contributed by atoms with Crippen molar-refractivity contribution in [2.45, 2.75) is 25.1 Å². The van der Waals surface area contributed by atoms with Gasteiger partial charge in [0.1, 0.15) is 0 Å². The first kappa shape index (κ1) is 13.6. The van der Waals surface area contributed by atoms with Gasteiger partial charge in [-0.1, -0.05) is 0 Å². The quantitative estimate of drug-likeness (QED) is 0.804. The highest BCUT2D eigenvalue weighted by molar-refractivity contribution is 5.77. The molecule has 0 bridgehead atoms. The first-order chi connectivity index (χ1) is 8.46. The largest absolute Gasteiger partial charge is 0.389 e. The van der Waals surface area contributed by atoms with E-state index in [-0.39, 0.29) is 5.91 Å². The average molecular weight is 265 g/mol. The number of carbonyl (C=O) groups excluding carboxylic acids is 1. The molecule has 0 atom stereocenters. The minimum Gasteiger partial charge on any atom is -0.339 e. The average Bonchev–Trinajstić information content (AvgIpc) is 2.25. The first-order valence-corrected chi connectivity index (χ1v) is 6.25.